The maximum Gasteiger partial charge on any atom is 0.257 e. The number of benzene rings is 1. The van der Waals surface area contributed by atoms with Crippen LogP contribution in [0.25, 0.3) is 0 Å². The molecule has 8 heteroatoms. The number of amides is 1. The summed E-state index contributed by atoms with van der Waals surface area (Å²) in [5.41, 5.74) is 2.03. The van der Waals surface area contributed by atoms with E-state index in [9.17, 15) is 13.2 Å². The number of thiazole rings is 1. The van der Waals surface area contributed by atoms with Gasteiger partial charge in [0.2, 0.25) is 10.0 Å². The molecule has 0 unspecified atom stereocenters. The molecule has 1 aliphatic carbocycles. The third-order valence-electron chi connectivity index (χ3n) is 4.25. The van der Waals surface area contributed by atoms with Crippen LogP contribution in [0.4, 0.5) is 10.8 Å². The summed E-state index contributed by atoms with van der Waals surface area (Å²) < 4.78 is 26.4. The van der Waals surface area contributed by atoms with E-state index in [1.807, 2.05) is 6.92 Å². The van der Waals surface area contributed by atoms with Gasteiger partial charge in [-0.1, -0.05) is 13.3 Å². The number of hydrogen-bond donors (Lipinski definition) is 2. The fourth-order valence-electron chi connectivity index (χ4n) is 2.83. The summed E-state index contributed by atoms with van der Waals surface area (Å²) >= 11 is 1.54. The molecule has 6 nitrogen and oxygen atoms in total. The molecule has 0 bridgehead atoms. The molecule has 0 saturated carbocycles. The summed E-state index contributed by atoms with van der Waals surface area (Å²) in [5, 5.41) is 3.47. The van der Waals surface area contributed by atoms with Crippen LogP contribution < -0.4 is 10.0 Å². The summed E-state index contributed by atoms with van der Waals surface area (Å²) in [4.78, 5) is 18.2. The van der Waals surface area contributed by atoms with Gasteiger partial charge in [0.1, 0.15) is 0 Å². The molecular formula is C18H23N3O3S2. The second-order valence-corrected chi connectivity index (χ2v) is 9.33. The van der Waals surface area contributed by atoms with E-state index in [0.29, 0.717) is 22.8 Å². The van der Waals surface area contributed by atoms with Gasteiger partial charge in [-0.05, 0) is 56.4 Å². The predicted octanol–water partition coefficient (Wildman–Crippen LogP) is 3.82. The zero-order valence-electron chi connectivity index (χ0n) is 14.7. The summed E-state index contributed by atoms with van der Waals surface area (Å²) in [6.07, 6.45) is 5.79. The van der Waals surface area contributed by atoms with Crippen molar-refractivity contribution in [3.8, 4) is 0 Å². The fraction of sp³-hybridized carbons (Fsp3) is 0.444. The van der Waals surface area contributed by atoms with Crippen LogP contribution in [0.2, 0.25) is 0 Å². The van der Waals surface area contributed by atoms with Gasteiger partial charge in [0.15, 0.2) is 5.13 Å². The summed E-state index contributed by atoms with van der Waals surface area (Å²) in [7, 11) is -3.34. The number of aromatic nitrogens is 1. The molecule has 0 fully saturated rings. The number of sulfonamides is 1. The van der Waals surface area contributed by atoms with Crippen LogP contribution in [0.3, 0.4) is 0 Å². The Bertz CT molecular complexity index is 850. The number of aryl methyl sites for hydroxylation is 2. The summed E-state index contributed by atoms with van der Waals surface area (Å²) in [6, 6.07) is 6.43. The maximum atomic E-state index is 12.4. The monoisotopic (exact) mass is 393 g/mol. The number of anilines is 2. The molecule has 1 aliphatic rings. The Morgan fingerprint density at radius 2 is 1.92 bits per heavy atom. The zero-order chi connectivity index (χ0) is 18.6. The first-order valence-corrected chi connectivity index (χ1v) is 11.3. The average molecular weight is 394 g/mol. The van der Waals surface area contributed by atoms with E-state index in [1.54, 1.807) is 35.6 Å². The molecule has 0 spiro atoms. The Hall–Kier alpha value is -1.93. The molecule has 0 atom stereocenters. The molecule has 0 radical (unpaired) electrons. The van der Waals surface area contributed by atoms with E-state index in [1.165, 1.54) is 11.3 Å². The normalized spacial score (nSPS) is 13.9. The highest BCUT2D eigenvalue weighted by molar-refractivity contribution is 7.92. The number of hydrogen-bond acceptors (Lipinski definition) is 5. The second-order valence-electron chi connectivity index (χ2n) is 6.40. The molecule has 26 heavy (non-hydrogen) atoms. The Kier molecular flexibility index (Phi) is 5.93. The third-order valence-corrected chi connectivity index (χ3v) is 6.70. The van der Waals surface area contributed by atoms with Gasteiger partial charge in [-0.3, -0.25) is 14.8 Å². The van der Waals surface area contributed by atoms with Gasteiger partial charge in [0, 0.05) is 16.1 Å². The van der Waals surface area contributed by atoms with Crippen LogP contribution >= 0.6 is 11.3 Å². The van der Waals surface area contributed by atoms with Gasteiger partial charge in [0.25, 0.3) is 5.91 Å². The third kappa shape index (κ3) is 4.82. The SMILES string of the molecule is CCCCS(=O)(=O)Nc1ccc(C(=O)Nc2nc3c(s2)CCCC3)cc1. The lowest BCUT2D eigenvalue weighted by atomic mass is 10.0. The van der Waals surface area contributed by atoms with Crippen molar-refractivity contribution >= 4 is 38.1 Å². The van der Waals surface area contributed by atoms with Gasteiger partial charge in [0.05, 0.1) is 11.4 Å². The largest absolute Gasteiger partial charge is 0.298 e. The van der Waals surface area contributed by atoms with Crippen molar-refractivity contribution in [2.75, 3.05) is 15.8 Å². The van der Waals surface area contributed by atoms with Crippen molar-refractivity contribution in [1.29, 1.82) is 0 Å². The number of nitrogens with one attached hydrogen (secondary N) is 2. The minimum absolute atomic E-state index is 0.0977. The molecule has 0 saturated heterocycles. The van der Waals surface area contributed by atoms with Crippen molar-refractivity contribution in [2.45, 2.75) is 45.4 Å². The molecular weight excluding hydrogens is 370 g/mol. The Balaban J connectivity index is 1.62. The van der Waals surface area contributed by atoms with E-state index in [4.69, 9.17) is 0 Å². The first kappa shape index (κ1) is 18.8. The summed E-state index contributed by atoms with van der Waals surface area (Å²) in [6.45, 7) is 1.95. The highest BCUT2D eigenvalue weighted by Gasteiger charge is 2.17. The molecule has 1 aromatic carbocycles. The first-order valence-electron chi connectivity index (χ1n) is 8.87. The quantitative estimate of drug-likeness (QED) is 0.748. The van der Waals surface area contributed by atoms with Gasteiger partial charge in [-0.15, -0.1) is 11.3 Å². The van der Waals surface area contributed by atoms with Crippen LogP contribution in [-0.2, 0) is 22.9 Å². The van der Waals surface area contributed by atoms with Gasteiger partial charge >= 0.3 is 0 Å². The van der Waals surface area contributed by atoms with Crippen molar-refractivity contribution in [2.24, 2.45) is 0 Å². The van der Waals surface area contributed by atoms with Crippen LogP contribution in [0.15, 0.2) is 24.3 Å². The van der Waals surface area contributed by atoms with Crippen LogP contribution in [0, 0.1) is 0 Å². The second kappa shape index (κ2) is 8.18. The van der Waals surface area contributed by atoms with Crippen LogP contribution in [0.5, 0.6) is 0 Å². The molecule has 2 N–H and O–H groups in total. The number of rotatable bonds is 7. The zero-order valence-corrected chi connectivity index (χ0v) is 16.4. The van der Waals surface area contributed by atoms with E-state index in [-0.39, 0.29) is 11.7 Å². The average Bonchev–Trinajstić information content (AvgIpc) is 3.02. The number of unbranched alkanes of at least 4 members (excludes halogenated alkanes) is 1. The minimum atomic E-state index is -3.34. The number of carbonyl (C=O) groups excluding carboxylic acids is 1. The van der Waals surface area contributed by atoms with E-state index < -0.39 is 10.0 Å². The number of carbonyl (C=O) groups is 1. The molecule has 2 aromatic rings. The van der Waals surface area contributed by atoms with E-state index in [0.717, 1.165) is 31.4 Å². The van der Waals surface area contributed by atoms with Crippen LogP contribution in [0.1, 0.15) is 53.5 Å². The van der Waals surface area contributed by atoms with Gasteiger partial charge in [-0.2, -0.15) is 0 Å². The van der Waals surface area contributed by atoms with Crippen molar-refractivity contribution in [3.05, 3.63) is 40.4 Å². The summed E-state index contributed by atoms with van der Waals surface area (Å²) in [5.74, 6) is -0.142. The Morgan fingerprint density at radius 3 is 2.62 bits per heavy atom. The van der Waals surface area contributed by atoms with Gasteiger partial charge < -0.3 is 0 Å². The fourth-order valence-corrected chi connectivity index (χ4v) is 5.14. The first-order chi connectivity index (χ1) is 12.5. The molecule has 140 valence electrons. The molecule has 1 heterocycles. The molecule has 1 aromatic heterocycles. The lowest BCUT2D eigenvalue weighted by Crippen LogP contribution is -2.17. The lowest BCUT2D eigenvalue weighted by molar-refractivity contribution is 0.102. The topological polar surface area (TPSA) is 88.2 Å². The molecule has 3 rings (SSSR count). The highest BCUT2D eigenvalue weighted by atomic mass is 32.2. The minimum Gasteiger partial charge on any atom is -0.298 e. The van der Waals surface area contributed by atoms with Gasteiger partial charge in [-0.25, -0.2) is 13.4 Å². The lowest BCUT2D eigenvalue weighted by Gasteiger charge is -2.08. The van der Waals surface area contributed by atoms with E-state index in [2.05, 4.69) is 15.0 Å². The number of fused-ring (bicyclic) bond motifs is 1. The number of nitrogens with zero attached hydrogens (tertiary/aromatic N) is 1. The Morgan fingerprint density at radius 1 is 1.19 bits per heavy atom. The highest BCUT2D eigenvalue weighted by Crippen LogP contribution is 2.29. The van der Waals surface area contributed by atoms with Crippen LogP contribution in [-0.4, -0.2) is 25.1 Å². The molecule has 0 aliphatic heterocycles. The standard InChI is InChI=1S/C18H23N3O3S2/c1-2-3-12-26(23,24)21-14-10-8-13(9-11-14)17(22)20-18-19-15-6-4-5-7-16(15)25-18/h8-11,21H,2-7,12H2,1H3,(H,19,20,22). The van der Waals surface area contributed by atoms with Crippen molar-refractivity contribution < 1.29 is 13.2 Å². The predicted molar refractivity (Wildman–Crippen MR) is 105 cm³/mol. The van der Waals surface area contributed by atoms with E-state index >= 15 is 0 Å². The Labute approximate surface area is 158 Å². The molecule has 1 amide bonds. The smallest absolute Gasteiger partial charge is 0.257 e. The van der Waals surface area contributed by atoms with Crippen molar-refractivity contribution in [3.63, 3.8) is 0 Å². The van der Waals surface area contributed by atoms with Crippen molar-refractivity contribution in [1.82, 2.24) is 4.98 Å². The maximum absolute atomic E-state index is 12.4.